The Balaban J connectivity index is 1.93. The van der Waals surface area contributed by atoms with Crippen LogP contribution in [0.15, 0.2) is 28.8 Å². The lowest BCUT2D eigenvalue weighted by molar-refractivity contribution is 0.0692. The summed E-state index contributed by atoms with van der Waals surface area (Å²) in [5.74, 6) is -0.650. The molecule has 6 nitrogen and oxygen atoms in total. The first-order valence-electron chi connectivity index (χ1n) is 7.88. The quantitative estimate of drug-likeness (QED) is 0.897. The zero-order valence-corrected chi connectivity index (χ0v) is 13.3. The molecular formula is C17H19FN2O4. The third kappa shape index (κ3) is 3.47. The second-order valence-electron chi connectivity index (χ2n) is 5.81. The predicted octanol–water partition coefficient (Wildman–Crippen LogP) is 2.44. The Morgan fingerprint density at radius 1 is 1.33 bits per heavy atom. The molecule has 1 aromatic carbocycles. The first kappa shape index (κ1) is 16.6. The molecule has 0 spiro atoms. The maximum atomic E-state index is 13.1. The van der Waals surface area contributed by atoms with Gasteiger partial charge in [0, 0.05) is 24.8 Å². The number of nitrogens with zero attached hydrogens (tertiary/aromatic N) is 1. The third-order valence-electron chi connectivity index (χ3n) is 4.00. The minimum absolute atomic E-state index is 0.00377. The molecule has 128 valence electrons. The van der Waals surface area contributed by atoms with Crippen LogP contribution in [0.1, 0.15) is 42.0 Å². The summed E-state index contributed by atoms with van der Waals surface area (Å²) in [7, 11) is 0. The number of nitrogens with one attached hydrogen (secondary N) is 1. The van der Waals surface area contributed by atoms with Crippen molar-refractivity contribution in [2.45, 2.75) is 31.9 Å². The van der Waals surface area contributed by atoms with Gasteiger partial charge < -0.3 is 19.7 Å². The molecule has 3 rings (SSSR count). The monoisotopic (exact) mass is 334 g/mol. The summed E-state index contributed by atoms with van der Waals surface area (Å²) < 4.78 is 23.6. The largest absolute Gasteiger partial charge is 0.385 e. The van der Waals surface area contributed by atoms with Crippen molar-refractivity contribution < 1.29 is 23.6 Å². The molecule has 1 amide bonds. The minimum atomic E-state index is -0.984. The van der Waals surface area contributed by atoms with Crippen molar-refractivity contribution in [1.29, 1.82) is 0 Å². The maximum absolute atomic E-state index is 13.1. The minimum Gasteiger partial charge on any atom is -0.385 e. The summed E-state index contributed by atoms with van der Waals surface area (Å²) >= 11 is 0. The SMILES string of the molecule is C[C@H](O)c1onc(-c2ccc(F)cc2)c1C(=O)NC1CCOCC1. The molecule has 7 heteroatoms. The van der Waals surface area contributed by atoms with Gasteiger partial charge in [-0.2, -0.15) is 0 Å². The van der Waals surface area contributed by atoms with Gasteiger partial charge in [0.25, 0.3) is 5.91 Å². The predicted molar refractivity (Wildman–Crippen MR) is 83.8 cm³/mol. The number of halogens is 1. The van der Waals surface area contributed by atoms with Crippen molar-refractivity contribution in [3.63, 3.8) is 0 Å². The van der Waals surface area contributed by atoms with E-state index in [1.165, 1.54) is 31.2 Å². The van der Waals surface area contributed by atoms with Gasteiger partial charge in [0.05, 0.1) is 0 Å². The van der Waals surface area contributed by atoms with Crippen molar-refractivity contribution in [3.8, 4) is 11.3 Å². The highest BCUT2D eigenvalue weighted by atomic mass is 19.1. The molecule has 2 N–H and O–H groups in total. The molecule has 0 saturated carbocycles. The molecule has 1 aromatic heterocycles. The molecular weight excluding hydrogens is 315 g/mol. The highest BCUT2D eigenvalue weighted by molar-refractivity contribution is 6.01. The van der Waals surface area contributed by atoms with E-state index >= 15 is 0 Å². The van der Waals surface area contributed by atoms with Crippen LogP contribution in [0.25, 0.3) is 11.3 Å². The lowest BCUT2D eigenvalue weighted by atomic mass is 10.0. The molecule has 1 atom stereocenters. The van der Waals surface area contributed by atoms with E-state index in [0.717, 1.165) is 12.8 Å². The smallest absolute Gasteiger partial charge is 0.257 e. The number of benzene rings is 1. The van der Waals surface area contributed by atoms with Gasteiger partial charge in [0.1, 0.15) is 23.2 Å². The van der Waals surface area contributed by atoms with Crippen molar-refractivity contribution in [1.82, 2.24) is 10.5 Å². The summed E-state index contributed by atoms with van der Waals surface area (Å²) in [6.07, 6.45) is 0.474. The first-order valence-corrected chi connectivity index (χ1v) is 7.88. The fraction of sp³-hybridized carbons (Fsp3) is 0.412. The average Bonchev–Trinajstić information content (AvgIpc) is 3.02. The van der Waals surface area contributed by atoms with E-state index < -0.39 is 6.10 Å². The maximum Gasteiger partial charge on any atom is 0.257 e. The molecule has 1 aliphatic rings. The Kier molecular flexibility index (Phi) is 4.92. The normalized spacial score (nSPS) is 16.8. The Hall–Kier alpha value is -2.25. The number of ether oxygens (including phenoxy) is 1. The van der Waals surface area contributed by atoms with Gasteiger partial charge >= 0.3 is 0 Å². The molecule has 1 fully saturated rings. The number of aliphatic hydroxyl groups excluding tert-OH is 1. The van der Waals surface area contributed by atoms with E-state index in [1.807, 2.05) is 0 Å². The van der Waals surface area contributed by atoms with Gasteiger partial charge in [-0.05, 0) is 44.0 Å². The summed E-state index contributed by atoms with van der Waals surface area (Å²) in [5.41, 5.74) is 1.02. The van der Waals surface area contributed by atoms with E-state index in [2.05, 4.69) is 10.5 Å². The van der Waals surface area contributed by atoms with E-state index in [9.17, 15) is 14.3 Å². The van der Waals surface area contributed by atoms with Crippen LogP contribution in [0.5, 0.6) is 0 Å². The van der Waals surface area contributed by atoms with Crippen LogP contribution in [-0.2, 0) is 4.74 Å². The Morgan fingerprint density at radius 3 is 2.62 bits per heavy atom. The number of rotatable bonds is 4. The number of hydrogen-bond donors (Lipinski definition) is 2. The van der Waals surface area contributed by atoms with Crippen molar-refractivity contribution in [2.75, 3.05) is 13.2 Å². The molecule has 2 heterocycles. The Labute approximate surface area is 138 Å². The van der Waals surface area contributed by atoms with Gasteiger partial charge in [-0.3, -0.25) is 4.79 Å². The molecule has 0 radical (unpaired) electrons. The molecule has 0 bridgehead atoms. The Bertz CT molecular complexity index is 706. The first-order chi connectivity index (χ1) is 11.6. The van der Waals surface area contributed by atoms with E-state index in [-0.39, 0.29) is 34.8 Å². The highest BCUT2D eigenvalue weighted by Crippen LogP contribution is 2.29. The molecule has 1 aliphatic heterocycles. The zero-order valence-electron chi connectivity index (χ0n) is 13.3. The van der Waals surface area contributed by atoms with E-state index in [0.29, 0.717) is 18.8 Å². The lowest BCUT2D eigenvalue weighted by Crippen LogP contribution is -2.39. The average molecular weight is 334 g/mol. The standard InChI is InChI=1S/C17H19FN2O4/c1-10(21)16-14(17(22)19-13-6-8-23-9-7-13)15(20-24-16)11-2-4-12(18)5-3-11/h2-5,10,13,21H,6-9H2,1H3,(H,19,22)/t10-/m0/s1. The highest BCUT2D eigenvalue weighted by Gasteiger charge is 2.28. The summed E-state index contributed by atoms with van der Waals surface area (Å²) in [4.78, 5) is 12.7. The molecule has 2 aromatic rings. The fourth-order valence-electron chi connectivity index (χ4n) is 2.71. The zero-order chi connectivity index (χ0) is 17.1. The summed E-state index contributed by atoms with van der Waals surface area (Å²) in [6, 6.07) is 5.61. The third-order valence-corrected chi connectivity index (χ3v) is 4.00. The van der Waals surface area contributed by atoms with Crippen LogP contribution in [0.2, 0.25) is 0 Å². The molecule has 24 heavy (non-hydrogen) atoms. The molecule has 1 saturated heterocycles. The van der Waals surface area contributed by atoms with Crippen molar-refractivity contribution in [3.05, 3.63) is 41.4 Å². The van der Waals surface area contributed by atoms with Crippen LogP contribution in [0, 0.1) is 5.82 Å². The van der Waals surface area contributed by atoms with Gasteiger partial charge in [-0.1, -0.05) is 5.16 Å². The number of amides is 1. The number of hydrogen-bond acceptors (Lipinski definition) is 5. The van der Waals surface area contributed by atoms with Crippen molar-refractivity contribution >= 4 is 5.91 Å². The lowest BCUT2D eigenvalue weighted by Gasteiger charge is -2.23. The van der Waals surface area contributed by atoms with Crippen molar-refractivity contribution in [2.24, 2.45) is 0 Å². The van der Waals surface area contributed by atoms with Gasteiger partial charge in [0.2, 0.25) is 0 Å². The number of carbonyl (C=O) groups excluding carboxylic acids is 1. The molecule has 0 aliphatic carbocycles. The van der Waals surface area contributed by atoms with E-state index in [1.54, 1.807) is 0 Å². The van der Waals surface area contributed by atoms with Crippen LogP contribution in [0.4, 0.5) is 4.39 Å². The fourth-order valence-corrected chi connectivity index (χ4v) is 2.71. The number of aromatic nitrogens is 1. The van der Waals surface area contributed by atoms with Gasteiger partial charge in [0.15, 0.2) is 5.76 Å². The van der Waals surface area contributed by atoms with E-state index in [4.69, 9.17) is 9.26 Å². The summed E-state index contributed by atoms with van der Waals surface area (Å²) in [5, 5.41) is 16.7. The van der Waals surface area contributed by atoms with Crippen LogP contribution >= 0.6 is 0 Å². The topological polar surface area (TPSA) is 84.6 Å². The van der Waals surface area contributed by atoms with Crippen LogP contribution < -0.4 is 5.32 Å². The number of aliphatic hydroxyl groups is 1. The second kappa shape index (κ2) is 7.11. The number of carbonyl (C=O) groups is 1. The molecule has 0 unspecified atom stereocenters. The summed E-state index contributed by atoms with van der Waals surface area (Å²) in [6.45, 7) is 2.70. The Morgan fingerprint density at radius 2 is 2.00 bits per heavy atom. The van der Waals surface area contributed by atoms with Gasteiger partial charge in [-0.25, -0.2) is 4.39 Å². The van der Waals surface area contributed by atoms with Gasteiger partial charge in [-0.15, -0.1) is 0 Å². The second-order valence-corrected chi connectivity index (χ2v) is 5.81. The van der Waals surface area contributed by atoms with Crippen LogP contribution in [0.3, 0.4) is 0 Å². The van der Waals surface area contributed by atoms with Crippen LogP contribution in [-0.4, -0.2) is 35.4 Å².